The fourth-order valence-corrected chi connectivity index (χ4v) is 3.11. The largest absolute Gasteiger partial charge is 0.465 e. The number of nitrogens with one attached hydrogen (secondary N) is 1. The van der Waals surface area contributed by atoms with E-state index >= 15 is 0 Å². The number of benzene rings is 2. The summed E-state index contributed by atoms with van der Waals surface area (Å²) in [6.07, 6.45) is 2.98. The van der Waals surface area contributed by atoms with Crippen molar-refractivity contribution in [3.05, 3.63) is 76.4 Å². The lowest BCUT2D eigenvalue weighted by Gasteiger charge is -2.09. The van der Waals surface area contributed by atoms with Crippen LogP contribution in [0.25, 0.3) is 33.5 Å². The summed E-state index contributed by atoms with van der Waals surface area (Å²) in [4.78, 5) is 31.7. The summed E-state index contributed by atoms with van der Waals surface area (Å²) in [5.41, 5.74) is 4.15. The van der Waals surface area contributed by atoms with Crippen molar-refractivity contribution < 1.29 is 13.9 Å². The van der Waals surface area contributed by atoms with E-state index in [0.717, 1.165) is 16.7 Å². The summed E-state index contributed by atoms with van der Waals surface area (Å²) in [5, 5.41) is 0.555. The summed E-state index contributed by atoms with van der Waals surface area (Å²) in [6, 6.07) is 12.2. The number of nitrogens with zero attached hydrogens (tertiary/aromatic N) is 1. The molecule has 0 aliphatic heterocycles. The number of hydrogen-bond donors (Lipinski definition) is 1. The first-order valence-corrected chi connectivity index (χ1v) is 8.32. The van der Waals surface area contributed by atoms with E-state index in [4.69, 9.17) is 9.15 Å². The van der Waals surface area contributed by atoms with Crippen molar-refractivity contribution in [1.82, 2.24) is 9.97 Å². The summed E-state index contributed by atoms with van der Waals surface area (Å²) in [7, 11) is 1.34. The van der Waals surface area contributed by atoms with Crippen molar-refractivity contribution in [2.75, 3.05) is 7.11 Å². The highest BCUT2D eigenvalue weighted by Crippen LogP contribution is 2.27. The van der Waals surface area contributed by atoms with Gasteiger partial charge in [0, 0.05) is 22.7 Å². The molecule has 0 spiro atoms. The van der Waals surface area contributed by atoms with Crippen molar-refractivity contribution >= 4 is 16.9 Å². The molecule has 0 fully saturated rings. The van der Waals surface area contributed by atoms with Crippen LogP contribution in [0.3, 0.4) is 0 Å². The molecule has 2 heterocycles. The molecule has 0 unspecified atom stereocenters. The van der Waals surface area contributed by atoms with Crippen molar-refractivity contribution in [2.24, 2.45) is 0 Å². The second kappa shape index (κ2) is 6.57. The first-order valence-electron chi connectivity index (χ1n) is 8.32. The molecule has 4 aromatic rings. The molecule has 0 amide bonds. The van der Waals surface area contributed by atoms with Gasteiger partial charge in [0.15, 0.2) is 17.6 Å². The van der Waals surface area contributed by atoms with Crippen LogP contribution >= 0.6 is 0 Å². The van der Waals surface area contributed by atoms with E-state index < -0.39 is 5.97 Å². The molecular weight excluding hydrogens is 344 g/mol. The van der Waals surface area contributed by atoms with Gasteiger partial charge in [-0.3, -0.25) is 4.79 Å². The molecule has 0 atom stereocenters. The number of carbonyl (C=O) groups excluding carboxylic acids is 1. The van der Waals surface area contributed by atoms with Gasteiger partial charge in [-0.05, 0) is 42.3 Å². The molecule has 2 aromatic heterocycles. The smallest absolute Gasteiger partial charge is 0.337 e. The predicted octanol–water partition coefficient (Wildman–Crippen LogP) is 3.95. The molecule has 134 valence electrons. The molecule has 27 heavy (non-hydrogen) atoms. The molecule has 6 heteroatoms. The lowest BCUT2D eigenvalue weighted by molar-refractivity contribution is 0.0601. The van der Waals surface area contributed by atoms with Gasteiger partial charge in [0.25, 0.3) is 0 Å². The standard InChI is InChI=1S/C21H16N2O4/c1-12-6-18-16(8-15(12)20-10-22-11-27-20)19(24)9-17(23-18)13-4-3-5-14(7-13)21(25)26-2/h3-11H,1-2H3,(H,23,24). The Morgan fingerprint density at radius 2 is 2.04 bits per heavy atom. The third kappa shape index (κ3) is 3.01. The molecule has 0 saturated carbocycles. The molecule has 4 rings (SSSR count). The number of fused-ring (bicyclic) bond motifs is 1. The van der Waals surface area contributed by atoms with Crippen LogP contribution in [0, 0.1) is 6.92 Å². The quantitative estimate of drug-likeness (QED) is 0.559. The topological polar surface area (TPSA) is 85.2 Å². The third-order valence-corrected chi connectivity index (χ3v) is 4.47. The highest BCUT2D eigenvalue weighted by Gasteiger charge is 2.12. The van der Waals surface area contributed by atoms with Crippen LogP contribution in [0.1, 0.15) is 15.9 Å². The van der Waals surface area contributed by atoms with Gasteiger partial charge >= 0.3 is 5.97 Å². The average Bonchev–Trinajstić information content (AvgIpc) is 3.21. The van der Waals surface area contributed by atoms with Crippen LogP contribution < -0.4 is 5.43 Å². The van der Waals surface area contributed by atoms with Crippen LogP contribution in [-0.2, 0) is 4.74 Å². The summed E-state index contributed by atoms with van der Waals surface area (Å²) in [6.45, 7) is 1.94. The first kappa shape index (κ1) is 16.8. The molecular formula is C21H16N2O4. The number of aryl methyl sites for hydroxylation is 1. The van der Waals surface area contributed by atoms with Crippen molar-refractivity contribution in [3.63, 3.8) is 0 Å². The van der Waals surface area contributed by atoms with Gasteiger partial charge in [0.1, 0.15) is 0 Å². The molecule has 0 saturated heterocycles. The molecule has 1 N–H and O–H groups in total. The summed E-state index contributed by atoms with van der Waals surface area (Å²) in [5.74, 6) is 0.191. The minimum absolute atomic E-state index is 0.122. The molecule has 0 aliphatic rings. The van der Waals surface area contributed by atoms with Gasteiger partial charge in [-0.2, -0.15) is 0 Å². The molecule has 6 nitrogen and oxygen atoms in total. The predicted molar refractivity (Wildman–Crippen MR) is 102 cm³/mol. The van der Waals surface area contributed by atoms with Crippen LogP contribution in [0.15, 0.2) is 64.3 Å². The second-order valence-corrected chi connectivity index (χ2v) is 6.20. The minimum Gasteiger partial charge on any atom is -0.465 e. The lowest BCUT2D eigenvalue weighted by atomic mass is 10.0. The van der Waals surface area contributed by atoms with E-state index in [2.05, 4.69) is 9.97 Å². The fraction of sp³-hybridized carbons (Fsp3) is 0.0952. The van der Waals surface area contributed by atoms with Gasteiger partial charge < -0.3 is 14.1 Å². The van der Waals surface area contributed by atoms with Crippen LogP contribution in [-0.4, -0.2) is 23.0 Å². The average molecular weight is 360 g/mol. The monoisotopic (exact) mass is 360 g/mol. The molecule has 2 aromatic carbocycles. The Bertz CT molecular complexity index is 1210. The van der Waals surface area contributed by atoms with Crippen molar-refractivity contribution in [3.8, 4) is 22.6 Å². The number of hydrogen-bond acceptors (Lipinski definition) is 5. The maximum atomic E-state index is 12.7. The third-order valence-electron chi connectivity index (χ3n) is 4.47. The van der Waals surface area contributed by atoms with Crippen LogP contribution in [0.2, 0.25) is 0 Å². The Balaban J connectivity index is 1.87. The Labute approximate surface area is 154 Å². The fourth-order valence-electron chi connectivity index (χ4n) is 3.11. The summed E-state index contributed by atoms with van der Waals surface area (Å²) >= 11 is 0. The van der Waals surface area contributed by atoms with Crippen LogP contribution in [0.5, 0.6) is 0 Å². The summed E-state index contributed by atoms with van der Waals surface area (Å²) < 4.78 is 10.1. The Morgan fingerprint density at radius 3 is 2.78 bits per heavy atom. The highest BCUT2D eigenvalue weighted by atomic mass is 16.5. The number of aromatic amines is 1. The first-order chi connectivity index (χ1) is 13.1. The number of rotatable bonds is 3. The van der Waals surface area contributed by atoms with Gasteiger partial charge in [0.05, 0.1) is 24.4 Å². The maximum absolute atomic E-state index is 12.7. The van der Waals surface area contributed by atoms with Crippen molar-refractivity contribution in [2.45, 2.75) is 6.92 Å². The van der Waals surface area contributed by atoms with Gasteiger partial charge in [-0.25, -0.2) is 9.78 Å². The lowest BCUT2D eigenvalue weighted by Crippen LogP contribution is -2.05. The van der Waals surface area contributed by atoms with E-state index in [-0.39, 0.29) is 5.43 Å². The van der Waals surface area contributed by atoms with Gasteiger partial charge in [-0.15, -0.1) is 0 Å². The zero-order chi connectivity index (χ0) is 19.0. The number of pyridine rings is 1. The van der Waals surface area contributed by atoms with E-state index in [9.17, 15) is 9.59 Å². The minimum atomic E-state index is -0.424. The highest BCUT2D eigenvalue weighted by molar-refractivity contribution is 5.91. The number of aromatic nitrogens is 2. The molecule has 0 bridgehead atoms. The van der Waals surface area contributed by atoms with Crippen molar-refractivity contribution in [1.29, 1.82) is 0 Å². The Kier molecular flexibility index (Phi) is 4.08. The Hall–Kier alpha value is -3.67. The number of methoxy groups -OCH3 is 1. The molecule has 0 radical (unpaired) electrons. The normalized spacial score (nSPS) is 10.9. The molecule has 0 aliphatic carbocycles. The van der Waals surface area contributed by atoms with Gasteiger partial charge in [-0.1, -0.05) is 12.1 Å². The Morgan fingerprint density at radius 1 is 1.19 bits per heavy atom. The number of carbonyl (C=O) groups is 1. The number of oxazole rings is 1. The number of esters is 1. The van der Waals surface area contributed by atoms with E-state index in [1.54, 1.807) is 30.5 Å². The van der Waals surface area contributed by atoms with E-state index in [1.165, 1.54) is 19.6 Å². The van der Waals surface area contributed by atoms with E-state index in [1.807, 2.05) is 19.1 Å². The maximum Gasteiger partial charge on any atom is 0.337 e. The zero-order valence-electron chi connectivity index (χ0n) is 14.8. The van der Waals surface area contributed by atoms with Gasteiger partial charge in [0.2, 0.25) is 0 Å². The second-order valence-electron chi connectivity index (χ2n) is 6.20. The number of H-pyrrole nitrogens is 1. The zero-order valence-corrected chi connectivity index (χ0v) is 14.8. The number of ether oxygens (including phenoxy) is 1. The van der Waals surface area contributed by atoms with E-state index in [0.29, 0.717) is 27.9 Å². The van der Waals surface area contributed by atoms with Crippen LogP contribution in [0.4, 0.5) is 0 Å². The SMILES string of the molecule is COC(=O)c1cccc(-c2cc(=O)c3cc(-c4cnco4)c(C)cc3[nH]2)c1.